The third-order valence-electron chi connectivity index (χ3n) is 9.43. The normalized spacial score (nSPS) is 30.4. The van der Waals surface area contributed by atoms with Gasteiger partial charge < -0.3 is 53.6 Å². The summed E-state index contributed by atoms with van der Waals surface area (Å²) in [4.78, 5) is 52.1. The Labute approximate surface area is 301 Å². The lowest BCUT2D eigenvalue weighted by molar-refractivity contribution is -0.384. The first kappa shape index (κ1) is 44.8. The molecule has 2 rings (SSSR count). The number of carbonyl (C=O) groups excluding carboxylic acids is 4. The molecule has 0 saturated carbocycles. The van der Waals surface area contributed by atoms with Crippen LogP contribution in [0, 0.1) is 17.8 Å². The van der Waals surface area contributed by atoms with Gasteiger partial charge in [0.1, 0.15) is 31.0 Å². The van der Waals surface area contributed by atoms with Gasteiger partial charge in [-0.3, -0.25) is 19.2 Å². The first-order chi connectivity index (χ1) is 24.2. The first-order valence-corrected chi connectivity index (χ1v) is 18.6. The zero-order chi connectivity index (χ0) is 38.3. The molecular weight excluding hydrogens is 672 g/mol. The summed E-state index contributed by atoms with van der Waals surface area (Å²) in [5.41, 5.74) is 0. The number of carbonyl (C=O) groups is 4. The van der Waals surface area contributed by atoms with Crippen LogP contribution in [-0.2, 0) is 52.3 Å². The van der Waals surface area contributed by atoms with Crippen molar-refractivity contribution in [2.45, 2.75) is 167 Å². The van der Waals surface area contributed by atoms with Crippen LogP contribution in [0.15, 0.2) is 0 Å². The maximum absolute atomic E-state index is 13.3. The Hall–Kier alpha value is -2.40. The van der Waals surface area contributed by atoms with Gasteiger partial charge in [0, 0.05) is 6.42 Å². The molecule has 0 amide bonds. The van der Waals surface area contributed by atoms with Crippen LogP contribution in [0.2, 0.25) is 0 Å². The van der Waals surface area contributed by atoms with Gasteiger partial charge in [-0.25, -0.2) is 0 Å². The zero-order valence-electron chi connectivity index (χ0n) is 31.3. The Morgan fingerprint density at radius 2 is 1.29 bits per heavy atom. The number of ether oxygens (including phenoxy) is 7. The third kappa shape index (κ3) is 12.6. The van der Waals surface area contributed by atoms with E-state index in [1.807, 2.05) is 0 Å². The standard InChI is InChI=1S/C36H62O15/c1-8-11-12-13-14-15-16-17-26(39)47-30-29(48-32(42)21(4)5)27(40)24(18-37)46-35(30)51-36(20-45-33(43)22(6)9-2)31(28(41)25(19-38)50-36)49-34(44)23(7)10-3/h21-25,27-31,35,37-38,40-41H,8-20H2,1-7H3/t22-,23-,24-,25-,27-,28-,29+,30-,31+,35-,36+/m1/s1. The van der Waals surface area contributed by atoms with Crippen molar-refractivity contribution in [3.63, 3.8) is 0 Å². The van der Waals surface area contributed by atoms with Crippen LogP contribution in [0.1, 0.15) is 113 Å². The van der Waals surface area contributed by atoms with Crippen LogP contribution in [0.5, 0.6) is 0 Å². The summed E-state index contributed by atoms with van der Waals surface area (Å²) in [5, 5.41) is 42.7. The van der Waals surface area contributed by atoms with Crippen molar-refractivity contribution < 1.29 is 72.8 Å². The lowest BCUT2D eigenvalue weighted by Gasteiger charge is -2.46. The summed E-state index contributed by atoms with van der Waals surface area (Å²) >= 11 is 0. The molecule has 2 heterocycles. The molecule has 15 heteroatoms. The van der Waals surface area contributed by atoms with Gasteiger partial charge in [0.25, 0.3) is 0 Å². The van der Waals surface area contributed by atoms with Gasteiger partial charge in [0.15, 0.2) is 18.3 Å². The van der Waals surface area contributed by atoms with E-state index < -0.39 is 116 Å². The molecule has 0 aromatic carbocycles. The predicted octanol–water partition coefficient (Wildman–Crippen LogP) is 2.70. The molecule has 51 heavy (non-hydrogen) atoms. The highest BCUT2D eigenvalue weighted by Crippen LogP contribution is 2.40. The van der Waals surface area contributed by atoms with E-state index in [1.165, 1.54) is 0 Å². The van der Waals surface area contributed by atoms with E-state index in [0.29, 0.717) is 19.3 Å². The van der Waals surface area contributed by atoms with E-state index in [4.69, 9.17) is 33.2 Å². The highest BCUT2D eigenvalue weighted by atomic mass is 16.8. The average Bonchev–Trinajstić information content (AvgIpc) is 3.37. The Morgan fingerprint density at radius 1 is 0.706 bits per heavy atom. The van der Waals surface area contributed by atoms with Gasteiger partial charge in [0.2, 0.25) is 12.1 Å². The smallest absolute Gasteiger partial charge is 0.309 e. The summed E-state index contributed by atoms with van der Waals surface area (Å²) in [5.74, 6) is -7.13. The zero-order valence-corrected chi connectivity index (χ0v) is 31.3. The summed E-state index contributed by atoms with van der Waals surface area (Å²) in [6, 6.07) is 0. The number of hydrogen-bond donors (Lipinski definition) is 4. The number of aliphatic hydroxyl groups excluding tert-OH is 4. The van der Waals surface area contributed by atoms with Gasteiger partial charge in [-0.15, -0.1) is 0 Å². The lowest BCUT2D eigenvalue weighted by Crippen LogP contribution is -2.65. The summed E-state index contributed by atoms with van der Waals surface area (Å²) in [6.07, 6.45) is -5.71. The number of esters is 4. The number of hydrogen-bond acceptors (Lipinski definition) is 15. The fourth-order valence-corrected chi connectivity index (χ4v) is 5.59. The van der Waals surface area contributed by atoms with Gasteiger partial charge >= 0.3 is 23.9 Å². The molecule has 2 aliphatic heterocycles. The van der Waals surface area contributed by atoms with Crippen molar-refractivity contribution in [2.24, 2.45) is 17.8 Å². The summed E-state index contributed by atoms with van der Waals surface area (Å²) in [7, 11) is 0. The fourth-order valence-electron chi connectivity index (χ4n) is 5.59. The minimum Gasteiger partial charge on any atom is -0.460 e. The van der Waals surface area contributed by atoms with Gasteiger partial charge in [-0.05, 0) is 19.3 Å². The second kappa shape index (κ2) is 22.0. The largest absolute Gasteiger partial charge is 0.460 e. The van der Waals surface area contributed by atoms with Crippen LogP contribution in [0.25, 0.3) is 0 Å². The van der Waals surface area contributed by atoms with Crippen LogP contribution in [0.3, 0.4) is 0 Å². The number of aliphatic hydroxyl groups is 4. The summed E-state index contributed by atoms with van der Waals surface area (Å²) in [6.45, 7) is 9.66. The molecule has 11 atom stereocenters. The van der Waals surface area contributed by atoms with E-state index in [1.54, 1.807) is 41.5 Å². The van der Waals surface area contributed by atoms with Crippen LogP contribution >= 0.6 is 0 Å². The molecule has 2 saturated heterocycles. The highest BCUT2D eigenvalue weighted by molar-refractivity contribution is 5.73. The number of rotatable bonds is 22. The fraction of sp³-hybridized carbons (Fsp3) is 0.889. The molecule has 296 valence electrons. The van der Waals surface area contributed by atoms with E-state index >= 15 is 0 Å². The molecule has 0 aliphatic carbocycles. The molecule has 0 spiro atoms. The first-order valence-electron chi connectivity index (χ1n) is 18.6. The highest BCUT2D eigenvalue weighted by Gasteiger charge is 2.63. The SMILES string of the molecule is CCCCCCCCCC(=O)O[C@H]1[C@@H](O[C@]2(COC(=O)[C@H](C)CC)O[C@H](CO)[C@@H](O)[C@@H]2OC(=O)[C@H](C)CC)O[C@H](CO)[C@@H](O)[C@@H]1OC(=O)C(C)C. The van der Waals surface area contributed by atoms with Gasteiger partial charge in [0.05, 0.1) is 31.0 Å². The van der Waals surface area contributed by atoms with Crippen molar-refractivity contribution in [1.82, 2.24) is 0 Å². The van der Waals surface area contributed by atoms with Crippen LogP contribution in [0.4, 0.5) is 0 Å². The molecule has 2 aliphatic rings. The van der Waals surface area contributed by atoms with E-state index in [-0.39, 0.29) is 6.42 Å². The molecule has 4 N–H and O–H groups in total. The molecule has 0 aromatic heterocycles. The van der Waals surface area contributed by atoms with Crippen molar-refractivity contribution >= 4 is 23.9 Å². The Morgan fingerprint density at radius 3 is 1.86 bits per heavy atom. The Kier molecular flexibility index (Phi) is 19.3. The molecule has 0 radical (unpaired) electrons. The van der Waals surface area contributed by atoms with Gasteiger partial charge in [-0.2, -0.15) is 0 Å². The minimum atomic E-state index is -2.37. The van der Waals surface area contributed by atoms with Crippen molar-refractivity contribution in [1.29, 1.82) is 0 Å². The average molecular weight is 735 g/mol. The topological polar surface area (TPSA) is 214 Å². The maximum atomic E-state index is 13.3. The quantitative estimate of drug-likeness (QED) is 0.0715. The van der Waals surface area contributed by atoms with E-state index in [0.717, 1.165) is 38.5 Å². The monoisotopic (exact) mass is 734 g/mol. The molecule has 0 bridgehead atoms. The van der Waals surface area contributed by atoms with Crippen LogP contribution < -0.4 is 0 Å². The molecule has 15 nitrogen and oxygen atoms in total. The van der Waals surface area contributed by atoms with E-state index in [2.05, 4.69) is 6.92 Å². The Bertz CT molecular complexity index is 1080. The molecular formula is C36H62O15. The second-order valence-corrected chi connectivity index (χ2v) is 13.9. The lowest BCUT2D eigenvalue weighted by atomic mass is 9.97. The van der Waals surface area contributed by atoms with Crippen molar-refractivity contribution in [3.8, 4) is 0 Å². The molecule has 0 unspecified atom stereocenters. The third-order valence-corrected chi connectivity index (χ3v) is 9.43. The van der Waals surface area contributed by atoms with Crippen molar-refractivity contribution in [3.05, 3.63) is 0 Å². The van der Waals surface area contributed by atoms with E-state index in [9.17, 15) is 39.6 Å². The Balaban J connectivity index is 2.56. The van der Waals surface area contributed by atoms with Crippen LogP contribution in [-0.4, -0.2) is 119 Å². The van der Waals surface area contributed by atoms with Crippen molar-refractivity contribution in [2.75, 3.05) is 19.8 Å². The molecule has 2 fully saturated rings. The predicted molar refractivity (Wildman–Crippen MR) is 180 cm³/mol. The second-order valence-electron chi connectivity index (χ2n) is 13.9. The maximum Gasteiger partial charge on any atom is 0.309 e. The minimum absolute atomic E-state index is 0.0179. The molecule has 0 aromatic rings. The van der Waals surface area contributed by atoms with Gasteiger partial charge in [-0.1, -0.05) is 87.0 Å². The summed E-state index contributed by atoms with van der Waals surface area (Å²) < 4.78 is 40.9. The number of unbranched alkanes of at least 4 members (excludes halogenated alkanes) is 6.